The van der Waals surface area contributed by atoms with Gasteiger partial charge in [0.05, 0.1) is 9.92 Å². The third kappa shape index (κ3) is 5.93. The topological polar surface area (TPSA) is 84.5 Å². The molecule has 0 aliphatic carbocycles. The summed E-state index contributed by atoms with van der Waals surface area (Å²) in [6, 6.07) is 12.6. The largest absolute Gasteiger partial charge is 0.482 e. The molecule has 0 unspecified atom stereocenters. The van der Waals surface area contributed by atoms with Gasteiger partial charge in [-0.15, -0.1) is 0 Å². The first-order valence-electron chi connectivity index (χ1n) is 8.05. The van der Waals surface area contributed by atoms with E-state index in [1.165, 1.54) is 18.2 Å². The lowest BCUT2D eigenvalue weighted by atomic mass is 10.2. The number of anilines is 1. The van der Waals surface area contributed by atoms with E-state index in [1.807, 2.05) is 13.8 Å². The van der Waals surface area contributed by atoms with Gasteiger partial charge in [-0.1, -0.05) is 43.6 Å². The average Bonchev–Trinajstić information content (AvgIpc) is 2.59. The highest BCUT2D eigenvalue weighted by atomic mass is 35.5. The molecular weight excluding hydrogens is 376 g/mol. The maximum Gasteiger partial charge on any atom is 0.261 e. The van der Waals surface area contributed by atoms with Gasteiger partial charge < -0.3 is 10.1 Å². The Bertz CT molecular complexity index is 855. The van der Waals surface area contributed by atoms with Crippen LogP contribution in [-0.4, -0.2) is 27.5 Å². The number of sulfonamides is 1. The Hall–Kier alpha value is -2.25. The molecule has 26 heavy (non-hydrogen) atoms. The quantitative estimate of drug-likeness (QED) is 0.717. The number of benzene rings is 2. The third-order valence-corrected chi connectivity index (χ3v) is 4.98. The average molecular weight is 397 g/mol. The van der Waals surface area contributed by atoms with E-state index in [2.05, 4.69) is 10.0 Å². The first-order valence-corrected chi connectivity index (χ1v) is 9.91. The van der Waals surface area contributed by atoms with Crippen LogP contribution in [0.25, 0.3) is 0 Å². The maximum absolute atomic E-state index is 12.4. The molecule has 1 amide bonds. The van der Waals surface area contributed by atoms with E-state index in [-0.39, 0.29) is 28.2 Å². The third-order valence-electron chi connectivity index (χ3n) is 3.31. The molecule has 0 aromatic heterocycles. The van der Waals surface area contributed by atoms with Gasteiger partial charge >= 0.3 is 0 Å². The molecule has 0 saturated heterocycles. The number of carbonyl (C=O) groups is 1. The zero-order chi connectivity index (χ0) is 19.2. The Labute approximate surface area is 158 Å². The number of nitrogens with one attached hydrogen (secondary N) is 2. The molecule has 0 radical (unpaired) electrons. The Morgan fingerprint density at radius 1 is 1.15 bits per heavy atom. The van der Waals surface area contributed by atoms with Crippen LogP contribution in [0.4, 0.5) is 5.69 Å². The van der Waals surface area contributed by atoms with Crippen LogP contribution in [0.15, 0.2) is 53.4 Å². The standard InChI is InChI=1S/C18H21ClN2O4S/c1-13(2)11-20-18(22)12-25-17-9-8-15(10-16(17)19)26(23,24)21-14-6-4-3-5-7-14/h3-10,13,21H,11-12H2,1-2H3,(H,20,22). The maximum atomic E-state index is 12.4. The van der Waals surface area contributed by atoms with Gasteiger partial charge in [-0.05, 0) is 36.2 Å². The predicted molar refractivity (Wildman–Crippen MR) is 102 cm³/mol. The predicted octanol–water partition coefficient (Wildman–Crippen LogP) is 3.29. The lowest BCUT2D eigenvalue weighted by molar-refractivity contribution is -0.123. The smallest absolute Gasteiger partial charge is 0.261 e. The molecule has 2 aromatic rings. The monoisotopic (exact) mass is 396 g/mol. The molecule has 8 heteroatoms. The number of carbonyl (C=O) groups excluding carboxylic acids is 1. The lowest BCUT2D eigenvalue weighted by Gasteiger charge is -2.12. The molecule has 0 aliphatic rings. The first kappa shape index (κ1) is 20.1. The zero-order valence-corrected chi connectivity index (χ0v) is 16.1. The van der Waals surface area contributed by atoms with Gasteiger partial charge in [0, 0.05) is 12.2 Å². The van der Waals surface area contributed by atoms with Gasteiger partial charge in [0.1, 0.15) is 5.75 Å². The van der Waals surface area contributed by atoms with Crippen molar-refractivity contribution in [3.63, 3.8) is 0 Å². The summed E-state index contributed by atoms with van der Waals surface area (Å²) in [6.45, 7) is 4.33. The van der Waals surface area contributed by atoms with E-state index in [0.29, 0.717) is 18.2 Å². The fourth-order valence-corrected chi connectivity index (χ4v) is 3.38. The summed E-state index contributed by atoms with van der Waals surface area (Å²) in [5, 5.41) is 2.83. The van der Waals surface area contributed by atoms with E-state index in [0.717, 1.165) is 0 Å². The van der Waals surface area contributed by atoms with Crippen LogP contribution in [0.5, 0.6) is 5.75 Å². The zero-order valence-electron chi connectivity index (χ0n) is 14.5. The highest BCUT2D eigenvalue weighted by molar-refractivity contribution is 7.92. The van der Waals surface area contributed by atoms with Crippen LogP contribution < -0.4 is 14.8 Å². The summed E-state index contributed by atoms with van der Waals surface area (Å²) < 4.78 is 32.6. The van der Waals surface area contributed by atoms with E-state index in [4.69, 9.17) is 16.3 Å². The van der Waals surface area contributed by atoms with Crippen molar-refractivity contribution in [3.05, 3.63) is 53.6 Å². The van der Waals surface area contributed by atoms with Crippen molar-refractivity contribution < 1.29 is 17.9 Å². The molecule has 0 spiro atoms. The number of para-hydroxylation sites is 1. The molecular formula is C18H21ClN2O4S. The summed E-state index contributed by atoms with van der Waals surface area (Å²) in [4.78, 5) is 11.7. The number of amides is 1. The van der Waals surface area contributed by atoms with Gasteiger partial charge in [0.25, 0.3) is 15.9 Å². The van der Waals surface area contributed by atoms with Gasteiger partial charge in [0.15, 0.2) is 6.61 Å². The van der Waals surface area contributed by atoms with E-state index in [1.54, 1.807) is 30.3 Å². The molecule has 0 heterocycles. The van der Waals surface area contributed by atoms with Gasteiger partial charge in [-0.3, -0.25) is 9.52 Å². The van der Waals surface area contributed by atoms with Gasteiger partial charge in [0.2, 0.25) is 0 Å². The Kier molecular flexibility index (Phi) is 6.88. The van der Waals surface area contributed by atoms with E-state index in [9.17, 15) is 13.2 Å². The molecule has 0 bridgehead atoms. The number of hydrogen-bond donors (Lipinski definition) is 2. The molecule has 2 aromatic carbocycles. The Morgan fingerprint density at radius 2 is 1.85 bits per heavy atom. The summed E-state index contributed by atoms with van der Waals surface area (Å²) in [7, 11) is -3.77. The Morgan fingerprint density at radius 3 is 2.46 bits per heavy atom. The van der Waals surface area contributed by atoms with E-state index < -0.39 is 10.0 Å². The van der Waals surface area contributed by atoms with Crippen molar-refractivity contribution >= 4 is 33.2 Å². The highest BCUT2D eigenvalue weighted by Gasteiger charge is 2.16. The minimum absolute atomic E-state index is 0.00274. The summed E-state index contributed by atoms with van der Waals surface area (Å²) in [6.07, 6.45) is 0. The van der Waals surface area contributed by atoms with Crippen molar-refractivity contribution in [1.82, 2.24) is 5.32 Å². The van der Waals surface area contributed by atoms with Crippen LogP contribution in [0.1, 0.15) is 13.8 Å². The summed E-state index contributed by atoms with van der Waals surface area (Å²) in [5.41, 5.74) is 0.450. The summed E-state index contributed by atoms with van der Waals surface area (Å²) >= 11 is 6.10. The van der Waals surface area contributed by atoms with Crippen molar-refractivity contribution in [2.75, 3.05) is 17.9 Å². The van der Waals surface area contributed by atoms with Crippen LogP contribution in [0, 0.1) is 5.92 Å². The second-order valence-corrected chi connectivity index (χ2v) is 8.14. The van der Waals surface area contributed by atoms with Crippen molar-refractivity contribution in [3.8, 4) is 5.75 Å². The normalized spacial score (nSPS) is 11.2. The highest BCUT2D eigenvalue weighted by Crippen LogP contribution is 2.28. The molecule has 0 atom stereocenters. The minimum Gasteiger partial charge on any atom is -0.482 e. The number of halogens is 1. The number of hydrogen-bond acceptors (Lipinski definition) is 4. The van der Waals surface area contributed by atoms with Crippen LogP contribution >= 0.6 is 11.6 Å². The molecule has 6 nitrogen and oxygen atoms in total. The first-order chi connectivity index (χ1) is 12.3. The van der Waals surface area contributed by atoms with Crippen molar-refractivity contribution in [2.45, 2.75) is 18.7 Å². The minimum atomic E-state index is -3.77. The second-order valence-electron chi connectivity index (χ2n) is 6.05. The molecule has 140 valence electrons. The van der Waals surface area contributed by atoms with Crippen LogP contribution in [-0.2, 0) is 14.8 Å². The Balaban J connectivity index is 2.03. The summed E-state index contributed by atoms with van der Waals surface area (Å²) in [5.74, 6) is 0.311. The SMILES string of the molecule is CC(C)CNC(=O)COc1ccc(S(=O)(=O)Nc2ccccc2)cc1Cl. The molecule has 2 rings (SSSR count). The van der Waals surface area contributed by atoms with Gasteiger partial charge in [-0.25, -0.2) is 8.42 Å². The lowest BCUT2D eigenvalue weighted by Crippen LogP contribution is -2.31. The molecule has 2 N–H and O–H groups in total. The van der Waals surface area contributed by atoms with Crippen molar-refractivity contribution in [1.29, 1.82) is 0 Å². The van der Waals surface area contributed by atoms with E-state index >= 15 is 0 Å². The van der Waals surface area contributed by atoms with Crippen LogP contribution in [0.2, 0.25) is 5.02 Å². The van der Waals surface area contributed by atoms with Crippen LogP contribution in [0.3, 0.4) is 0 Å². The van der Waals surface area contributed by atoms with Gasteiger partial charge in [-0.2, -0.15) is 0 Å². The van der Waals surface area contributed by atoms with Crippen molar-refractivity contribution in [2.24, 2.45) is 5.92 Å². The fraction of sp³-hybridized carbons (Fsp3) is 0.278. The number of ether oxygens (including phenoxy) is 1. The fourth-order valence-electron chi connectivity index (χ4n) is 2.00. The molecule has 0 saturated carbocycles. The molecule has 0 fully saturated rings. The molecule has 0 aliphatic heterocycles. The second kappa shape index (κ2) is 8.91. The number of rotatable bonds is 8.